The molecule has 0 aromatic heterocycles. The van der Waals surface area contributed by atoms with E-state index in [1.165, 1.54) is 0 Å². The quantitative estimate of drug-likeness (QED) is 0.677. The maximum atomic E-state index is 13.1. The molecular formula is C18H35N3O3. The Morgan fingerprint density at radius 1 is 1.29 bits per heavy atom. The number of piperidine rings is 1. The van der Waals surface area contributed by atoms with E-state index in [0.717, 1.165) is 71.7 Å². The minimum atomic E-state index is -0.337. The van der Waals surface area contributed by atoms with E-state index in [1.807, 2.05) is 4.90 Å². The number of ether oxygens (including phenoxy) is 2. The highest BCUT2D eigenvalue weighted by atomic mass is 16.5. The molecule has 2 saturated heterocycles. The van der Waals surface area contributed by atoms with Gasteiger partial charge in [-0.25, -0.2) is 0 Å². The monoisotopic (exact) mass is 341 g/mol. The van der Waals surface area contributed by atoms with Crippen LogP contribution in [0.5, 0.6) is 0 Å². The molecule has 0 aliphatic carbocycles. The van der Waals surface area contributed by atoms with Crippen LogP contribution < -0.4 is 5.32 Å². The molecule has 1 N–H and O–H groups in total. The third kappa shape index (κ3) is 4.91. The second-order valence-corrected chi connectivity index (χ2v) is 7.02. The second-order valence-electron chi connectivity index (χ2n) is 7.02. The van der Waals surface area contributed by atoms with Crippen molar-refractivity contribution in [3.63, 3.8) is 0 Å². The molecule has 0 aromatic rings. The van der Waals surface area contributed by atoms with Gasteiger partial charge in [0.25, 0.3) is 0 Å². The number of hydrogen-bond acceptors (Lipinski definition) is 5. The fourth-order valence-electron chi connectivity index (χ4n) is 3.87. The van der Waals surface area contributed by atoms with Crippen LogP contribution >= 0.6 is 0 Å². The molecule has 2 heterocycles. The largest absolute Gasteiger partial charge is 0.384 e. The van der Waals surface area contributed by atoms with Crippen molar-refractivity contribution < 1.29 is 14.3 Å². The first kappa shape index (κ1) is 19.6. The van der Waals surface area contributed by atoms with E-state index >= 15 is 0 Å². The van der Waals surface area contributed by atoms with Crippen molar-refractivity contribution in [1.82, 2.24) is 15.1 Å². The number of likely N-dealkylation sites (tertiary alicyclic amines) is 1. The standard InChI is InChI=1S/C18H35N3O3/c1-4-20(5-2)12-13-24-16-6-11-21(14-16)17(22)18(15-23-3)7-9-19-10-8-18/h16,19H,4-15H2,1-3H3. The lowest BCUT2D eigenvalue weighted by Crippen LogP contribution is -2.51. The lowest BCUT2D eigenvalue weighted by molar-refractivity contribution is -0.147. The zero-order chi connectivity index (χ0) is 17.4. The Balaban J connectivity index is 1.81. The third-order valence-electron chi connectivity index (χ3n) is 5.52. The van der Waals surface area contributed by atoms with E-state index in [9.17, 15) is 4.79 Å². The summed E-state index contributed by atoms with van der Waals surface area (Å²) in [5.74, 6) is 0.265. The lowest BCUT2D eigenvalue weighted by atomic mass is 9.78. The summed E-state index contributed by atoms with van der Waals surface area (Å²) >= 11 is 0. The van der Waals surface area contributed by atoms with Crippen LogP contribution in [0, 0.1) is 5.41 Å². The number of methoxy groups -OCH3 is 1. The van der Waals surface area contributed by atoms with Crippen LogP contribution in [0.25, 0.3) is 0 Å². The number of likely N-dealkylation sites (N-methyl/N-ethyl adjacent to an activating group) is 1. The predicted molar refractivity (Wildman–Crippen MR) is 95.1 cm³/mol. The van der Waals surface area contributed by atoms with E-state index in [2.05, 4.69) is 24.1 Å². The zero-order valence-electron chi connectivity index (χ0n) is 15.7. The summed E-state index contributed by atoms with van der Waals surface area (Å²) in [5.41, 5.74) is -0.337. The van der Waals surface area contributed by atoms with Gasteiger partial charge in [0.05, 0.1) is 24.7 Å². The van der Waals surface area contributed by atoms with E-state index in [0.29, 0.717) is 6.61 Å². The Bertz CT molecular complexity index is 376. The maximum Gasteiger partial charge on any atom is 0.231 e. The summed E-state index contributed by atoms with van der Waals surface area (Å²) in [5, 5.41) is 3.35. The maximum absolute atomic E-state index is 13.1. The fraction of sp³-hybridized carbons (Fsp3) is 0.944. The van der Waals surface area contributed by atoms with Gasteiger partial charge in [-0.05, 0) is 45.4 Å². The molecular weight excluding hydrogens is 306 g/mol. The van der Waals surface area contributed by atoms with Gasteiger partial charge in [-0.1, -0.05) is 13.8 Å². The van der Waals surface area contributed by atoms with Gasteiger partial charge in [0.2, 0.25) is 5.91 Å². The van der Waals surface area contributed by atoms with Gasteiger partial charge in [-0.15, -0.1) is 0 Å². The first-order valence-corrected chi connectivity index (χ1v) is 9.48. The number of nitrogens with one attached hydrogen (secondary N) is 1. The van der Waals surface area contributed by atoms with Crippen LogP contribution in [0.3, 0.4) is 0 Å². The molecule has 1 amide bonds. The predicted octanol–water partition coefficient (Wildman–Crippen LogP) is 0.962. The van der Waals surface area contributed by atoms with Gasteiger partial charge in [0, 0.05) is 26.7 Å². The number of rotatable bonds is 9. The zero-order valence-corrected chi connectivity index (χ0v) is 15.7. The highest BCUT2D eigenvalue weighted by Gasteiger charge is 2.44. The van der Waals surface area contributed by atoms with Crippen molar-refractivity contribution in [2.45, 2.75) is 39.2 Å². The summed E-state index contributed by atoms with van der Waals surface area (Å²) in [4.78, 5) is 17.5. The van der Waals surface area contributed by atoms with Crippen LogP contribution in [-0.2, 0) is 14.3 Å². The summed E-state index contributed by atoms with van der Waals surface area (Å²) in [6.45, 7) is 12.0. The molecule has 0 aromatic carbocycles. The van der Waals surface area contributed by atoms with E-state index in [4.69, 9.17) is 9.47 Å². The molecule has 2 aliphatic heterocycles. The van der Waals surface area contributed by atoms with E-state index in [1.54, 1.807) is 7.11 Å². The van der Waals surface area contributed by atoms with Crippen molar-refractivity contribution in [2.75, 3.05) is 66.1 Å². The molecule has 1 atom stereocenters. The molecule has 2 aliphatic rings. The molecule has 0 saturated carbocycles. The number of carbonyl (C=O) groups excluding carboxylic acids is 1. The minimum absolute atomic E-state index is 0.186. The third-order valence-corrected chi connectivity index (χ3v) is 5.52. The molecule has 0 spiro atoms. The summed E-state index contributed by atoms with van der Waals surface area (Å²) < 4.78 is 11.4. The lowest BCUT2D eigenvalue weighted by Gasteiger charge is -2.38. The Morgan fingerprint density at radius 2 is 2.00 bits per heavy atom. The van der Waals surface area contributed by atoms with Crippen molar-refractivity contribution >= 4 is 5.91 Å². The Labute approximate surface area is 146 Å². The molecule has 140 valence electrons. The van der Waals surface area contributed by atoms with Crippen molar-refractivity contribution in [1.29, 1.82) is 0 Å². The van der Waals surface area contributed by atoms with Gasteiger partial charge < -0.3 is 24.6 Å². The highest BCUT2D eigenvalue weighted by molar-refractivity contribution is 5.83. The average Bonchev–Trinajstić information content (AvgIpc) is 3.08. The SMILES string of the molecule is CCN(CC)CCOC1CCN(C(=O)C2(COC)CCNCC2)C1. The Hall–Kier alpha value is -0.690. The number of nitrogens with zero attached hydrogens (tertiary/aromatic N) is 2. The highest BCUT2D eigenvalue weighted by Crippen LogP contribution is 2.33. The van der Waals surface area contributed by atoms with Crippen LogP contribution in [0.4, 0.5) is 0 Å². The van der Waals surface area contributed by atoms with Crippen LogP contribution in [0.1, 0.15) is 33.1 Å². The van der Waals surface area contributed by atoms with Crippen LogP contribution in [-0.4, -0.2) is 87.9 Å². The summed E-state index contributed by atoms with van der Waals surface area (Å²) in [6, 6.07) is 0. The Morgan fingerprint density at radius 3 is 2.62 bits per heavy atom. The summed E-state index contributed by atoms with van der Waals surface area (Å²) in [6.07, 6.45) is 2.87. The number of carbonyl (C=O) groups is 1. The first-order valence-electron chi connectivity index (χ1n) is 9.48. The van der Waals surface area contributed by atoms with Gasteiger partial charge in [0.15, 0.2) is 0 Å². The first-order chi connectivity index (χ1) is 11.6. The fourth-order valence-corrected chi connectivity index (χ4v) is 3.87. The number of hydrogen-bond donors (Lipinski definition) is 1. The molecule has 24 heavy (non-hydrogen) atoms. The van der Waals surface area contributed by atoms with Crippen LogP contribution in [0.2, 0.25) is 0 Å². The van der Waals surface area contributed by atoms with Crippen molar-refractivity contribution in [3.8, 4) is 0 Å². The van der Waals surface area contributed by atoms with Crippen LogP contribution in [0.15, 0.2) is 0 Å². The van der Waals surface area contributed by atoms with E-state index in [-0.39, 0.29) is 17.4 Å². The number of amides is 1. The topological polar surface area (TPSA) is 54.0 Å². The smallest absolute Gasteiger partial charge is 0.231 e. The van der Waals surface area contributed by atoms with Gasteiger partial charge >= 0.3 is 0 Å². The molecule has 6 nitrogen and oxygen atoms in total. The molecule has 6 heteroatoms. The molecule has 2 rings (SSSR count). The van der Waals surface area contributed by atoms with Crippen molar-refractivity contribution in [2.24, 2.45) is 5.41 Å². The van der Waals surface area contributed by atoms with Gasteiger partial charge in [-0.2, -0.15) is 0 Å². The molecule has 0 radical (unpaired) electrons. The van der Waals surface area contributed by atoms with E-state index < -0.39 is 0 Å². The normalized spacial score (nSPS) is 23.8. The van der Waals surface area contributed by atoms with Gasteiger partial charge in [0.1, 0.15) is 0 Å². The van der Waals surface area contributed by atoms with Gasteiger partial charge in [-0.3, -0.25) is 4.79 Å². The summed E-state index contributed by atoms with van der Waals surface area (Å²) in [7, 11) is 1.69. The Kier molecular flexibility index (Phi) is 7.94. The minimum Gasteiger partial charge on any atom is -0.384 e. The average molecular weight is 341 g/mol. The van der Waals surface area contributed by atoms with Crippen molar-refractivity contribution in [3.05, 3.63) is 0 Å². The molecule has 0 bridgehead atoms. The molecule has 1 unspecified atom stereocenters. The second kappa shape index (κ2) is 9.70. The molecule has 2 fully saturated rings.